The van der Waals surface area contributed by atoms with E-state index in [2.05, 4.69) is 9.97 Å². The number of esters is 1. The van der Waals surface area contributed by atoms with Crippen LogP contribution in [-0.4, -0.2) is 22.5 Å². The van der Waals surface area contributed by atoms with Crippen LogP contribution in [0.2, 0.25) is 0 Å². The molecule has 0 amide bonds. The average Bonchev–Trinajstić information content (AvgIpc) is 2.28. The van der Waals surface area contributed by atoms with Crippen LogP contribution in [0.4, 0.5) is 5.69 Å². The molecule has 1 aromatic carbocycles. The second kappa shape index (κ2) is 4.25. The van der Waals surface area contributed by atoms with Crippen LogP contribution in [0.3, 0.4) is 0 Å². The number of aromatic amines is 1. The Labute approximate surface area is 96.4 Å². The largest absolute Gasteiger partial charge is 0.460 e. The number of nitrogen functional groups attached to an aromatic ring is 1. The van der Waals surface area contributed by atoms with Gasteiger partial charge in [-0.3, -0.25) is 4.79 Å². The highest BCUT2D eigenvalue weighted by Gasteiger charge is 2.12. The van der Waals surface area contributed by atoms with E-state index < -0.39 is 11.5 Å². The summed E-state index contributed by atoms with van der Waals surface area (Å²) in [6.07, 6.45) is 0. The van der Waals surface area contributed by atoms with Crippen LogP contribution in [0, 0.1) is 0 Å². The second-order valence-electron chi connectivity index (χ2n) is 3.41. The van der Waals surface area contributed by atoms with Gasteiger partial charge in [-0.1, -0.05) is 0 Å². The Morgan fingerprint density at radius 2 is 2.29 bits per heavy atom. The maximum Gasteiger partial charge on any atom is 0.374 e. The normalized spacial score (nSPS) is 10.4. The molecule has 0 aliphatic carbocycles. The van der Waals surface area contributed by atoms with Gasteiger partial charge in [-0.25, -0.2) is 9.78 Å². The van der Waals surface area contributed by atoms with E-state index in [-0.39, 0.29) is 12.4 Å². The van der Waals surface area contributed by atoms with Crippen molar-refractivity contribution in [2.75, 3.05) is 12.3 Å². The van der Waals surface area contributed by atoms with Gasteiger partial charge >= 0.3 is 5.97 Å². The Balaban J connectivity index is 2.61. The number of hydrogen-bond donors (Lipinski definition) is 2. The molecule has 0 aliphatic heterocycles. The summed E-state index contributed by atoms with van der Waals surface area (Å²) in [7, 11) is 0. The van der Waals surface area contributed by atoms with Crippen LogP contribution >= 0.6 is 0 Å². The van der Waals surface area contributed by atoms with Crippen molar-refractivity contribution in [1.29, 1.82) is 0 Å². The summed E-state index contributed by atoms with van der Waals surface area (Å²) >= 11 is 0. The number of H-pyrrole nitrogens is 1. The van der Waals surface area contributed by atoms with Gasteiger partial charge in [0.25, 0.3) is 5.56 Å². The van der Waals surface area contributed by atoms with Gasteiger partial charge in [0.1, 0.15) is 0 Å². The molecule has 88 valence electrons. The zero-order valence-electron chi connectivity index (χ0n) is 9.19. The van der Waals surface area contributed by atoms with Gasteiger partial charge in [-0.05, 0) is 25.1 Å². The fraction of sp³-hybridized carbons (Fsp3) is 0.182. The van der Waals surface area contributed by atoms with E-state index in [9.17, 15) is 9.59 Å². The van der Waals surface area contributed by atoms with E-state index in [1.165, 1.54) is 6.07 Å². The van der Waals surface area contributed by atoms with E-state index >= 15 is 0 Å². The first kappa shape index (κ1) is 11.1. The molecule has 2 aromatic rings. The van der Waals surface area contributed by atoms with E-state index in [4.69, 9.17) is 10.5 Å². The number of rotatable bonds is 2. The number of nitrogens with two attached hydrogens (primary N) is 1. The molecule has 2 rings (SSSR count). The molecule has 1 aromatic heterocycles. The minimum absolute atomic E-state index is 0.116. The third-order valence-electron chi connectivity index (χ3n) is 2.20. The van der Waals surface area contributed by atoms with Crippen LogP contribution in [-0.2, 0) is 4.74 Å². The minimum atomic E-state index is -0.658. The predicted molar refractivity (Wildman–Crippen MR) is 62.7 cm³/mol. The van der Waals surface area contributed by atoms with Crippen molar-refractivity contribution < 1.29 is 9.53 Å². The summed E-state index contributed by atoms with van der Waals surface area (Å²) < 4.78 is 4.76. The molecule has 0 spiro atoms. The Morgan fingerprint density at radius 3 is 3.00 bits per heavy atom. The molecule has 17 heavy (non-hydrogen) atoms. The van der Waals surface area contributed by atoms with Gasteiger partial charge < -0.3 is 15.5 Å². The molecule has 0 atom stereocenters. The number of nitrogens with one attached hydrogen (secondary N) is 1. The summed E-state index contributed by atoms with van der Waals surface area (Å²) in [6.45, 7) is 1.90. The van der Waals surface area contributed by atoms with Crippen molar-refractivity contribution >= 4 is 22.6 Å². The molecular formula is C11H11N3O3. The molecule has 6 heteroatoms. The van der Waals surface area contributed by atoms with Gasteiger partial charge in [0.15, 0.2) is 0 Å². The Hall–Kier alpha value is -2.37. The van der Waals surface area contributed by atoms with Crippen molar-refractivity contribution in [1.82, 2.24) is 9.97 Å². The molecule has 0 saturated carbocycles. The highest BCUT2D eigenvalue weighted by molar-refractivity contribution is 5.89. The van der Waals surface area contributed by atoms with Crippen molar-refractivity contribution in [3.05, 3.63) is 34.4 Å². The second-order valence-corrected chi connectivity index (χ2v) is 3.41. The van der Waals surface area contributed by atoms with Crippen molar-refractivity contribution in [3.63, 3.8) is 0 Å². The van der Waals surface area contributed by atoms with Crippen molar-refractivity contribution in [2.24, 2.45) is 0 Å². The highest BCUT2D eigenvalue weighted by atomic mass is 16.5. The maximum atomic E-state index is 11.7. The SMILES string of the molecule is CCOC(=O)c1nc2cc(N)ccc2c(=O)[nH]1. The lowest BCUT2D eigenvalue weighted by Crippen LogP contribution is -2.17. The molecule has 1 heterocycles. The lowest BCUT2D eigenvalue weighted by molar-refractivity contribution is 0.0512. The summed E-state index contributed by atoms with van der Waals surface area (Å²) in [5.74, 6) is -0.774. The number of anilines is 1. The van der Waals surface area contributed by atoms with Crippen molar-refractivity contribution in [3.8, 4) is 0 Å². The monoisotopic (exact) mass is 233 g/mol. The quantitative estimate of drug-likeness (QED) is 0.587. The van der Waals surface area contributed by atoms with Crippen LogP contribution in [0.15, 0.2) is 23.0 Å². The first-order valence-electron chi connectivity index (χ1n) is 5.08. The number of carbonyl (C=O) groups excluding carboxylic acids is 1. The molecule has 0 saturated heterocycles. The molecular weight excluding hydrogens is 222 g/mol. The van der Waals surface area contributed by atoms with Gasteiger partial charge in [-0.2, -0.15) is 0 Å². The van der Waals surface area contributed by atoms with E-state index in [0.29, 0.717) is 16.6 Å². The zero-order chi connectivity index (χ0) is 12.4. The summed E-state index contributed by atoms with van der Waals surface area (Å²) in [5, 5.41) is 0.382. The standard InChI is InChI=1S/C11H11N3O3/c1-2-17-11(16)9-13-8-5-6(12)3-4-7(8)10(15)14-9/h3-5H,2,12H2,1H3,(H,13,14,15). The number of carbonyl (C=O) groups is 1. The van der Waals surface area contributed by atoms with Gasteiger partial charge in [0.2, 0.25) is 5.82 Å². The number of ether oxygens (including phenoxy) is 1. The molecule has 0 radical (unpaired) electrons. The van der Waals surface area contributed by atoms with Gasteiger partial charge in [0, 0.05) is 5.69 Å². The van der Waals surface area contributed by atoms with E-state index in [1.54, 1.807) is 19.1 Å². The van der Waals surface area contributed by atoms with Crippen LogP contribution in [0.1, 0.15) is 17.5 Å². The molecule has 0 bridgehead atoms. The summed E-state index contributed by atoms with van der Waals surface area (Å²) in [5.41, 5.74) is 6.05. The molecule has 3 N–H and O–H groups in total. The molecule has 0 fully saturated rings. The molecule has 0 unspecified atom stereocenters. The predicted octanol–water partition coefficient (Wildman–Crippen LogP) is 0.682. The lowest BCUT2D eigenvalue weighted by atomic mass is 10.2. The Morgan fingerprint density at radius 1 is 1.53 bits per heavy atom. The third kappa shape index (κ3) is 2.10. The molecule has 0 aliphatic rings. The number of fused-ring (bicyclic) bond motifs is 1. The fourth-order valence-electron chi connectivity index (χ4n) is 1.45. The number of hydrogen-bond acceptors (Lipinski definition) is 5. The number of nitrogens with zero attached hydrogens (tertiary/aromatic N) is 1. The van der Waals surface area contributed by atoms with E-state index in [1.807, 2.05) is 0 Å². The number of aromatic nitrogens is 2. The molecule has 6 nitrogen and oxygen atoms in total. The maximum absolute atomic E-state index is 11.7. The summed E-state index contributed by atoms with van der Waals surface area (Å²) in [6, 6.07) is 4.70. The summed E-state index contributed by atoms with van der Waals surface area (Å²) in [4.78, 5) is 29.5. The minimum Gasteiger partial charge on any atom is -0.460 e. The zero-order valence-corrected chi connectivity index (χ0v) is 9.19. The van der Waals surface area contributed by atoms with Crippen LogP contribution in [0.25, 0.3) is 10.9 Å². The fourth-order valence-corrected chi connectivity index (χ4v) is 1.45. The topological polar surface area (TPSA) is 98.1 Å². The third-order valence-corrected chi connectivity index (χ3v) is 2.20. The number of benzene rings is 1. The first-order valence-corrected chi connectivity index (χ1v) is 5.08. The van der Waals surface area contributed by atoms with Crippen molar-refractivity contribution in [2.45, 2.75) is 6.92 Å². The van der Waals surface area contributed by atoms with Gasteiger partial charge in [0.05, 0.1) is 17.5 Å². The van der Waals surface area contributed by atoms with Crippen LogP contribution in [0.5, 0.6) is 0 Å². The Kier molecular flexibility index (Phi) is 2.78. The Bertz CT molecular complexity index is 633. The first-order chi connectivity index (χ1) is 8.11. The highest BCUT2D eigenvalue weighted by Crippen LogP contribution is 2.11. The van der Waals surface area contributed by atoms with E-state index in [0.717, 1.165) is 0 Å². The smallest absolute Gasteiger partial charge is 0.374 e. The van der Waals surface area contributed by atoms with Crippen LogP contribution < -0.4 is 11.3 Å². The average molecular weight is 233 g/mol. The van der Waals surface area contributed by atoms with Gasteiger partial charge in [-0.15, -0.1) is 0 Å². The lowest BCUT2D eigenvalue weighted by Gasteiger charge is -2.03.